The molecule has 1 amide bonds. The average molecular weight is 282 g/mol. The van der Waals surface area contributed by atoms with Gasteiger partial charge in [0.25, 0.3) is 0 Å². The summed E-state index contributed by atoms with van der Waals surface area (Å²) in [5.74, 6) is 1.35. The van der Waals surface area contributed by atoms with Crippen LogP contribution in [0.5, 0.6) is 0 Å². The summed E-state index contributed by atoms with van der Waals surface area (Å²) in [6.07, 6.45) is -0.265. The summed E-state index contributed by atoms with van der Waals surface area (Å²) in [5, 5.41) is 4.01. The van der Waals surface area contributed by atoms with Crippen LogP contribution in [0.1, 0.15) is 32.5 Å². The minimum absolute atomic E-state index is 0.130. The summed E-state index contributed by atoms with van der Waals surface area (Å²) >= 11 is 0. The molecule has 20 heavy (non-hydrogen) atoms. The lowest BCUT2D eigenvalue weighted by atomic mass is 9.97. The van der Waals surface area contributed by atoms with E-state index in [4.69, 9.17) is 9.26 Å². The number of aromatic nitrogens is 2. The van der Waals surface area contributed by atoms with E-state index in [0.717, 1.165) is 13.1 Å². The van der Waals surface area contributed by atoms with Crippen LogP contribution >= 0.6 is 0 Å². The Hall–Kier alpha value is -1.63. The number of hydrogen-bond acceptors (Lipinski definition) is 6. The van der Waals surface area contributed by atoms with Gasteiger partial charge in [0.15, 0.2) is 5.82 Å². The third-order valence-electron chi connectivity index (χ3n) is 3.28. The molecule has 112 valence electrons. The van der Waals surface area contributed by atoms with E-state index in [2.05, 4.69) is 15.0 Å². The zero-order valence-electron chi connectivity index (χ0n) is 12.5. The maximum atomic E-state index is 11.4. The first-order valence-electron chi connectivity index (χ1n) is 6.78. The summed E-state index contributed by atoms with van der Waals surface area (Å²) in [4.78, 5) is 19.7. The molecule has 1 aliphatic rings. The zero-order chi connectivity index (χ0) is 14.8. The molecular formula is C13H22N4O3. The smallest absolute Gasteiger partial charge is 0.409 e. The van der Waals surface area contributed by atoms with Crippen LogP contribution in [-0.2, 0) is 16.7 Å². The molecule has 0 aliphatic carbocycles. The lowest BCUT2D eigenvalue weighted by molar-refractivity contribution is 0.0878. The molecule has 1 fully saturated rings. The Morgan fingerprint density at radius 3 is 2.45 bits per heavy atom. The van der Waals surface area contributed by atoms with Crippen molar-refractivity contribution in [1.82, 2.24) is 19.9 Å². The first-order chi connectivity index (χ1) is 9.40. The number of methoxy groups -OCH3 is 1. The molecule has 1 aromatic rings. The van der Waals surface area contributed by atoms with Crippen LogP contribution < -0.4 is 0 Å². The van der Waals surface area contributed by atoms with E-state index in [-0.39, 0.29) is 11.5 Å². The number of piperazine rings is 1. The Labute approximate surface area is 118 Å². The third-order valence-corrected chi connectivity index (χ3v) is 3.28. The van der Waals surface area contributed by atoms with Gasteiger partial charge in [-0.15, -0.1) is 0 Å². The summed E-state index contributed by atoms with van der Waals surface area (Å²) in [5.41, 5.74) is -0.130. The van der Waals surface area contributed by atoms with E-state index in [9.17, 15) is 4.79 Å². The van der Waals surface area contributed by atoms with Crippen LogP contribution in [0.15, 0.2) is 4.52 Å². The molecule has 0 N–H and O–H groups in total. The molecule has 0 radical (unpaired) electrons. The van der Waals surface area contributed by atoms with E-state index in [0.29, 0.717) is 31.3 Å². The topological polar surface area (TPSA) is 71.7 Å². The molecule has 0 spiro atoms. The van der Waals surface area contributed by atoms with Crippen LogP contribution in [-0.4, -0.2) is 59.3 Å². The van der Waals surface area contributed by atoms with Crippen molar-refractivity contribution in [2.24, 2.45) is 0 Å². The molecule has 0 unspecified atom stereocenters. The predicted molar refractivity (Wildman–Crippen MR) is 72.3 cm³/mol. The predicted octanol–water partition coefficient (Wildman–Crippen LogP) is 1.25. The fourth-order valence-corrected chi connectivity index (χ4v) is 2.04. The number of carbonyl (C=O) groups is 1. The van der Waals surface area contributed by atoms with Crippen molar-refractivity contribution in [3.63, 3.8) is 0 Å². The SMILES string of the molecule is COC(=O)N1CCN(Cc2noc(C(C)(C)C)n2)CC1. The highest BCUT2D eigenvalue weighted by Crippen LogP contribution is 2.20. The van der Waals surface area contributed by atoms with Crippen molar-refractivity contribution in [3.05, 3.63) is 11.7 Å². The van der Waals surface area contributed by atoms with E-state index >= 15 is 0 Å². The summed E-state index contributed by atoms with van der Waals surface area (Å²) < 4.78 is 9.99. The standard InChI is InChI=1S/C13H22N4O3/c1-13(2,3)11-14-10(15-20-11)9-16-5-7-17(8-6-16)12(18)19-4/h5-9H2,1-4H3. The fourth-order valence-electron chi connectivity index (χ4n) is 2.04. The molecule has 0 aromatic carbocycles. The molecule has 7 heteroatoms. The molecule has 0 saturated carbocycles. The molecule has 0 bridgehead atoms. The highest BCUT2D eigenvalue weighted by molar-refractivity contribution is 5.67. The van der Waals surface area contributed by atoms with Gasteiger partial charge in [-0.25, -0.2) is 4.79 Å². The second kappa shape index (κ2) is 5.78. The van der Waals surface area contributed by atoms with Crippen molar-refractivity contribution in [2.75, 3.05) is 33.3 Å². The van der Waals surface area contributed by atoms with Gasteiger partial charge in [-0.05, 0) is 0 Å². The Kier molecular flexibility index (Phi) is 4.27. The Morgan fingerprint density at radius 1 is 1.30 bits per heavy atom. The minimum Gasteiger partial charge on any atom is -0.453 e. The van der Waals surface area contributed by atoms with Gasteiger partial charge in [0.2, 0.25) is 5.89 Å². The van der Waals surface area contributed by atoms with Crippen LogP contribution in [0.25, 0.3) is 0 Å². The monoisotopic (exact) mass is 282 g/mol. The van der Waals surface area contributed by atoms with Crippen LogP contribution in [0.3, 0.4) is 0 Å². The van der Waals surface area contributed by atoms with Crippen LogP contribution in [0, 0.1) is 0 Å². The maximum absolute atomic E-state index is 11.4. The summed E-state index contributed by atoms with van der Waals surface area (Å²) in [7, 11) is 1.40. The normalized spacial score (nSPS) is 17.3. The third kappa shape index (κ3) is 3.47. The maximum Gasteiger partial charge on any atom is 0.409 e. The number of amides is 1. The number of hydrogen-bond donors (Lipinski definition) is 0. The molecule has 1 aromatic heterocycles. The molecule has 0 atom stereocenters. The van der Waals surface area contributed by atoms with E-state index in [1.807, 2.05) is 20.8 Å². The second-order valence-electron chi connectivity index (χ2n) is 6.00. The lowest BCUT2D eigenvalue weighted by Gasteiger charge is -2.32. The van der Waals surface area contributed by atoms with Gasteiger partial charge in [0.1, 0.15) is 0 Å². The number of ether oxygens (including phenoxy) is 1. The first kappa shape index (κ1) is 14.8. The second-order valence-corrected chi connectivity index (χ2v) is 6.00. The fraction of sp³-hybridized carbons (Fsp3) is 0.769. The van der Waals surface area contributed by atoms with Crippen molar-refractivity contribution < 1.29 is 14.1 Å². The quantitative estimate of drug-likeness (QED) is 0.813. The number of nitrogens with zero attached hydrogens (tertiary/aromatic N) is 4. The van der Waals surface area contributed by atoms with Crippen LogP contribution in [0.4, 0.5) is 4.79 Å². The molecular weight excluding hydrogens is 260 g/mol. The van der Waals surface area contributed by atoms with Crippen molar-refractivity contribution in [2.45, 2.75) is 32.7 Å². The Morgan fingerprint density at radius 2 is 1.95 bits per heavy atom. The van der Waals surface area contributed by atoms with Crippen molar-refractivity contribution >= 4 is 6.09 Å². The van der Waals surface area contributed by atoms with Gasteiger partial charge in [0, 0.05) is 31.6 Å². The average Bonchev–Trinajstić information content (AvgIpc) is 2.87. The van der Waals surface area contributed by atoms with E-state index < -0.39 is 0 Å². The Bertz CT molecular complexity index is 458. The molecule has 2 heterocycles. The molecule has 2 rings (SSSR count). The summed E-state index contributed by atoms with van der Waals surface area (Å²) in [6, 6.07) is 0. The minimum atomic E-state index is -0.265. The number of carbonyl (C=O) groups excluding carboxylic acids is 1. The zero-order valence-corrected chi connectivity index (χ0v) is 12.5. The molecule has 7 nitrogen and oxygen atoms in total. The van der Waals surface area contributed by atoms with Gasteiger partial charge in [0.05, 0.1) is 13.7 Å². The lowest BCUT2D eigenvalue weighted by Crippen LogP contribution is -2.48. The molecule has 1 aliphatic heterocycles. The molecule has 1 saturated heterocycles. The largest absolute Gasteiger partial charge is 0.453 e. The van der Waals surface area contributed by atoms with E-state index in [1.165, 1.54) is 7.11 Å². The number of rotatable bonds is 2. The first-order valence-corrected chi connectivity index (χ1v) is 6.78. The Balaban J connectivity index is 1.87. The van der Waals surface area contributed by atoms with Gasteiger partial charge < -0.3 is 14.2 Å². The van der Waals surface area contributed by atoms with Gasteiger partial charge in [-0.2, -0.15) is 4.98 Å². The van der Waals surface area contributed by atoms with Gasteiger partial charge in [-0.3, -0.25) is 4.90 Å². The van der Waals surface area contributed by atoms with Gasteiger partial charge in [-0.1, -0.05) is 25.9 Å². The van der Waals surface area contributed by atoms with E-state index in [1.54, 1.807) is 4.90 Å². The van der Waals surface area contributed by atoms with Crippen molar-refractivity contribution in [3.8, 4) is 0 Å². The van der Waals surface area contributed by atoms with Crippen molar-refractivity contribution in [1.29, 1.82) is 0 Å². The highest BCUT2D eigenvalue weighted by Gasteiger charge is 2.25. The highest BCUT2D eigenvalue weighted by atomic mass is 16.5. The summed E-state index contributed by atoms with van der Waals surface area (Å²) in [6.45, 7) is 9.67. The van der Waals surface area contributed by atoms with Gasteiger partial charge >= 0.3 is 6.09 Å². The van der Waals surface area contributed by atoms with Crippen LogP contribution in [0.2, 0.25) is 0 Å².